The Morgan fingerprint density at radius 1 is 1.14 bits per heavy atom. The summed E-state index contributed by atoms with van der Waals surface area (Å²) in [7, 11) is 0. The van der Waals surface area contributed by atoms with Gasteiger partial charge in [0.05, 0.1) is 24.7 Å². The molecular weight excluding hydrogens is 274 g/mol. The first-order valence-electron chi connectivity index (χ1n) is 7.38. The van der Waals surface area contributed by atoms with Crippen LogP contribution in [-0.2, 0) is 17.8 Å². The highest BCUT2D eigenvalue weighted by molar-refractivity contribution is 5.76. The van der Waals surface area contributed by atoms with Crippen molar-refractivity contribution in [2.24, 2.45) is 0 Å². The zero-order chi connectivity index (χ0) is 15.6. The fraction of sp³-hybridized carbons (Fsp3) is 0.278. The van der Waals surface area contributed by atoms with E-state index in [1.54, 1.807) is 11.1 Å². The Bertz CT molecular complexity index is 620. The molecule has 0 aliphatic heterocycles. The van der Waals surface area contributed by atoms with Crippen molar-refractivity contribution >= 4 is 5.91 Å². The molecule has 22 heavy (non-hydrogen) atoms. The summed E-state index contributed by atoms with van der Waals surface area (Å²) < 4.78 is 0. The molecule has 0 unspecified atom stereocenters. The molecule has 0 aliphatic rings. The normalized spacial score (nSPS) is 9.95. The minimum atomic E-state index is 0.0600. The molecule has 1 heterocycles. The highest BCUT2D eigenvalue weighted by atomic mass is 16.2. The zero-order valence-corrected chi connectivity index (χ0v) is 12.5. The number of nitriles is 1. The molecule has 0 saturated carbocycles. The van der Waals surface area contributed by atoms with E-state index in [-0.39, 0.29) is 5.91 Å². The molecule has 2 rings (SSSR count). The topological polar surface area (TPSA) is 57.0 Å². The number of carbonyl (C=O) groups is 1. The second kappa shape index (κ2) is 8.58. The highest BCUT2D eigenvalue weighted by Crippen LogP contribution is 2.08. The Kier molecular flexibility index (Phi) is 6.13. The minimum absolute atomic E-state index is 0.0600. The molecule has 0 aliphatic carbocycles. The van der Waals surface area contributed by atoms with E-state index in [0.29, 0.717) is 32.4 Å². The molecule has 1 amide bonds. The molecule has 4 heteroatoms. The van der Waals surface area contributed by atoms with Gasteiger partial charge in [-0.3, -0.25) is 9.78 Å². The van der Waals surface area contributed by atoms with E-state index in [0.717, 1.165) is 11.3 Å². The third-order valence-corrected chi connectivity index (χ3v) is 3.40. The van der Waals surface area contributed by atoms with Crippen LogP contribution in [0.3, 0.4) is 0 Å². The van der Waals surface area contributed by atoms with E-state index in [2.05, 4.69) is 11.1 Å². The van der Waals surface area contributed by atoms with Crippen LogP contribution in [0, 0.1) is 11.3 Å². The minimum Gasteiger partial charge on any atom is -0.336 e. The smallest absolute Gasteiger partial charge is 0.223 e. The SMILES string of the molecule is N#CCCN(Cc1ccccn1)C(=O)CCc1ccccc1. The third kappa shape index (κ3) is 5.02. The molecule has 0 saturated heterocycles. The number of pyridine rings is 1. The summed E-state index contributed by atoms with van der Waals surface area (Å²) in [6.45, 7) is 0.900. The van der Waals surface area contributed by atoms with E-state index >= 15 is 0 Å². The number of amides is 1. The summed E-state index contributed by atoms with van der Waals surface area (Å²) in [6.07, 6.45) is 3.21. The van der Waals surface area contributed by atoms with E-state index in [1.165, 1.54) is 0 Å². The van der Waals surface area contributed by atoms with Crippen LogP contribution in [0.4, 0.5) is 0 Å². The summed E-state index contributed by atoms with van der Waals surface area (Å²) in [5, 5.41) is 8.77. The van der Waals surface area contributed by atoms with Gasteiger partial charge in [-0.25, -0.2) is 0 Å². The van der Waals surface area contributed by atoms with Crippen LogP contribution >= 0.6 is 0 Å². The molecule has 0 bridgehead atoms. The Balaban J connectivity index is 1.95. The van der Waals surface area contributed by atoms with Crippen LogP contribution in [0.15, 0.2) is 54.7 Å². The highest BCUT2D eigenvalue weighted by Gasteiger charge is 2.14. The largest absolute Gasteiger partial charge is 0.336 e. The van der Waals surface area contributed by atoms with Gasteiger partial charge >= 0.3 is 0 Å². The number of hydrogen-bond donors (Lipinski definition) is 0. The molecule has 0 atom stereocenters. The summed E-state index contributed by atoms with van der Waals surface area (Å²) in [4.78, 5) is 18.4. The summed E-state index contributed by atoms with van der Waals surface area (Å²) in [5.41, 5.74) is 1.99. The van der Waals surface area contributed by atoms with Gasteiger partial charge in [-0.1, -0.05) is 36.4 Å². The molecule has 4 nitrogen and oxygen atoms in total. The molecule has 1 aromatic carbocycles. The van der Waals surface area contributed by atoms with Crippen molar-refractivity contribution in [2.75, 3.05) is 6.54 Å². The van der Waals surface area contributed by atoms with Crippen molar-refractivity contribution in [3.8, 4) is 6.07 Å². The maximum atomic E-state index is 12.4. The van der Waals surface area contributed by atoms with Gasteiger partial charge in [0.25, 0.3) is 0 Å². The molecule has 0 spiro atoms. The first-order valence-corrected chi connectivity index (χ1v) is 7.38. The van der Waals surface area contributed by atoms with Crippen LogP contribution in [0.1, 0.15) is 24.1 Å². The van der Waals surface area contributed by atoms with Gasteiger partial charge in [0.1, 0.15) is 0 Å². The van der Waals surface area contributed by atoms with E-state index in [9.17, 15) is 4.79 Å². The lowest BCUT2D eigenvalue weighted by atomic mass is 10.1. The van der Waals surface area contributed by atoms with Gasteiger partial charge in [0.2, 0.25) is 5.91 Å². The number of aromatic nitrogens is 1. The van der Waals surface area contributed by atoms with Crippen LogP contribution in [0.25, 0.3) is 0 Å². The molecule has 112 valence electrons. The Labute approximate surface area is 131 Å². The molecule has 0 fully saturated rings. The fourth-order valence-corrected chi connectivity index (χ4v) is 2.22. The van der Waals surface area contributed by atoms with E-state index in [4.69, 9.17) is 5.26 Å². The standard InChI is InChI=1S/C18H19N3O/c19-12-6-14-21(15-17-9-4-5-13-20-17)18(22)11-10-16-7-2-1-3-8-16/h1-5,7-9,13H,6,10-11,14-15H2. The molecule has 1 aromatic heterocycles. The van der Waals surface area contributed by atoms with Gasteiger partial charge in [-0.2, -0.15) is 5.26 Å². The lowest BCUT2D eigenvalue weighted by molar-refractivity contribution is -0.131. The van der Waals surface area contributed by atoms with E-state index in [1.807, 2.05) is 48.5 Å². The average molecular weight is 293 g/mol. The summed E-state index contributed by atoms with van der Waals surface area (Å²) in [6, 6.07) is 17.7. The average Bonchev–Trinajstić information content (AvgIpc) is 2.58. The van der Waals surface area contributed by atoms with Gasteiger partial charge in [-0.15, -0.1) is 0 Å². The van der Waals surface area contributed by atoms with Crippen molar-refractivity contribution in [1.29, 1.82) is 5.26 Å². The summed E-state index contributed by atoms with van der Waals surface area (Å²) >= 11 is 0. The van der Waals surface area contributed by atoms with Crippen LogP contribution < -0.4 is 0 Å². The van der Waals surface area contributed by atoms with Crippen LogP contribution in [-0.4, -0.2) is 22.3 Å². The van der Waals surface area contributed by atoms with Crippen molar-refractivity contribution in [3.63, 3.8) is 0 Å². The zero-order valence-electron chi connectivity index (χ0n) is 12.5. The number of carbonyl (C=O) groups excluding carboxylic acids is 1. The Morgan fingerprint density at radius 2 is 1.91 bits per heavy atom. The molecular formula is C18H19N3O. The Morgan fingerprint density at radius 3 is 2.59 bits per heavy atom. The molecule has 0 N–H and O–H groups in total. The second-order valence-electron chi connectivity index (χ2n) is 5.03. The van der Waals surface area contributed by atoms with Crippen molar-refractivity contribution in [2.45, 2.75) is 25.8 Å². The monoisotopic (exact) mass is 293 g/mol. The Hall–Kier alpha value is -2.67. The number of aryl methyl sites for hydroxylation is 1. The summed E-state index contributed by atoms with van der Waals surface area (Å²) in [5.74, 6) is 0.0600. The van der Waals surface area contributed by atoms with Gasteiger partial charge in [-0.05, 0) is 24.1 Å². The lowest BCUT2D eigenvalue weighted by Crippen LogP contribution is -2.31. The quantitative estimate of drug-likeness (QED) is 0.788. The van der Waals surface area contributed by atoms with E-state index < -0.39 is 0 Å². The van der Waals surface area contributed by atoms with Crippen molar-refractivity contribution < 1.29 is 4.79 Å². The predicted molar refractivity (Wildman–Crippen MR) is 84.6 cm³/mol. The number of hydrogen-bond acceptors (Lipinski definition) is 3. The van der Waals surface area contributed by atoms with Crippen LogP contribution in [0.5, 0.6) is 0 Å². The van der Waals surface area contributed by atoms with Gasteiger partial charge < -0.3 is 4.90 Å². The first kappa shape index (κ1) is 15.7. The van der Waals surface area contributed by atoms with Crippen molar-refractivity contribution in [3.05, 3.63) is 66.0 Å². The predicted octanol–water partition coefficient (Wildman–Crippen LogP) is 2.96. The van der Waals surface area contributed by atoms with Crippen molar-refractivity contribution in [1.82, 2.24) is 9.88 Å². The number of nitrogens with zero attached hydrogens (tertiary/aromatic N) is 3. The number of benzene rings is 1. The third-order valence-electron chi connectivity index (χ3n) is 3.40. The maximum Gasteiger partial charge on any atom is 0.223 e. The fourth-order valence-electron chi connectivity index (χ4n) is 2.22. The maximum absolute atomic E-state index is 12.4. The molecule has 0 radical (unpaired) electrons. The lowest BCUT2D eigenvalue weighted by Gasteiger charge is -2.21. The van der Waals surface area contributed by atoms with Crippen LogP contribution in [0.2, 0.25) is 0 Å². The first-order chi connectivity index (χ1) is 10.8. The van der Waals surface area contributed by atoms with Gasteiger partial charge in [0, 0.05) is 19.2 Å². The number of rotatable bonds is 7. The van der Waals surface area contributed by atoms with Gasteiger partial charge in [0.15, 0.2) is 0 Å². The molecule has 2 aromatic rings. The second-order valence-corrected chi connectivity index (χ2v) is 5.03.